The van der Waals surface area contributed by atoms with E-state index in [2.05, 4.69) is 10.7 Å². The summed E-state index contributed by atoms with van der Waals surface area (Å²) in [6.45, 7) is 5.76. The second kappa shape index (κ2) is 8.71. The van der Waals surface area contributed by atoms with E-state index in [9.17, 15) is 14.7 Å². The first-order chi connectivity index (χ1) is 11.6. The van der Waals surface area contributed by atoms with Crippen LogP contribution in [0.25, 0.3) is 0 Å². The maximum absolute atomic E-state index is 11.9. The molecule has 136 valence electrons. The highest BCUT2D eigenvalue weighted by Gasteiger charge is 2.35. The Labute approximate surface area is 150 Å². The van der Waals surface area contributed by atoms with E-state index in [-0.39, 0.29) is 17.8 Å². The van der Waals surface area contributed by atoms with Gasteiger partial charge in [-0.3, -0.25) is 9.59 Å². The Morgan fingerprint density at radius 1 is 1.20 bits per heavy atom. The topological polar surface area (TPSA) is 63.6 Å². The third kappa shape index (κ3) is 5.94. The van der Waals surface area contributed by atoms with Gasteiger partial charge in [0.05, 0.1) is 18.9 Å². The van der Waals surface area contributed by atoms with Crippen molar-refractivity contribution in [3.63, 3.8) is 0 Å². The van der Waals surface area contributed by atoms with Crippen LogP contribution in [0.4, 0.5) is 0 Å². The van der Waals surface area contributed by atoms with Gasteiger partial charge in [0.15, 0.2) is 0 Å². The van der Waals surface area contributed by atoms with Gasteiger partial charge in [0.25, 0.3) is 0 Å². The molecule has 1 aromatic rings. The number of carboxylic acids is 1. The van der Waals surface area contributed by atoms with Gasteiger partial charge >= 0.3 is 11.9 Å². The van der Waals surface area contributed by atoms with E-state index in [1.807, 2.05) is 13.8 Å². The van der Waals surface area contributed by atoms with Crippen molar-refractivity contribution in [3.05, 3.63) is 35.4 Å². The maximum atomic E-state index is 11.9. The Bertz CT molecular complexity index is 654. The van der Waals surface area contributed by atoms with Gasteiger partial charge in [-0.2, -0.15) is 0 Å². The molecule has 0 saturated carbocycles. The van der Waals surface area contributed by atoms with Crippen molar-refractivity contribution in [2.24, 2.45) is 5.41 Å². The standard InChI is InChI=1S/C21H28O4/c1-6-20(2,3)12-7-8-13-21(4,19(23)24)17-11-9-10-16(14-17)15-18(22)25-5/h1,9-11,14H,7-8,12-13,15H2,2-5H3,(H,23,24). The lowest BCUT2D eigenvalue weighted by Gasteiger charge is -2.26. The molecule has 0 radical (unpaired) electrons. The van der Waals surface area contributed by atoms with Crippen LogP contribution in [0, 0.1) is 17.8 Å². The maximum Gasteiger partial charge on any atom is 0.313 e. The molecule has 4 nitrogen and oxygen atoms in total. The summed E-state index contributed by atoms with van der Waals surface area (Å²) in [5.74, 6) is 1.56. The summed E-state index contributed by atoms with van der Waals surface area (Å²) < 4.78 is 4.68. The van der Waals surface area contributed by atoms with Crippen molar-refractivity contribution in [2.45, 2.75) is 58.3 Å². The van der Waals surface area contributed by atoms with Crippen LogP contribution in [0.15, 0.2) is 24.3 Å². The fourth-order valence-electron chi connectivity index (χ4n) is 2.76. The summed E-state index contributed by atoms with van der Waals surface area (Å²) in [7, 11) is 1.34. The number of carbonyl (C=O) groups excluding carboxylic acids is 1. The molecular formula is C21H28O4. The molecule has 0 saturated heterocycles. The van der Waals surface area contributed by atoms with Crippen LogP contribution in [0.3, 0.4) is 0 Å². The molecule has 0 aliphatic heterocycles. The number of carboxylic acid groups (broad SMARTS) is 1. The molecule has 4 heteroatoms. The fourth-order valence-corrected chi connectivity index (χ4v) is 2.76. The van der Waals surface area contributed by atoms with E-state index >= 15 is 0 Å². The normalized spacial score (nSPS) is 13.6. The van der Waals surface area contributed by atoms with Gasteiger partial charge in [-0.1, -0.05) is 37.1 Å². The van der Waals surface area contributed by atoms with Crippen LogP contribution >= 0.6 is 0 Å². The van der Waals surface area contributed by atoms with E-state index in [1.165, 1.54) is 7.11 Å². The molecular weight excluding hydrogens is 316 g/mol. The number of unbranched alkanes of at least 4 members (excludes halogenated alkanes) is 1. The molecule has 1 rings (SSSR count). The van der Waals surface area contributed by atoms with Crippen molar-refractivity contribution in [1.82, 2.24) is 0 Å². The largest absolute Gasteiger partial charge is 0.481 e. The van der Waals surface area contributed by atoms with E-state index in [0.717, 1.165) is 24.8 Å². The molecule has 0 aliphatic rings. The third-order valence-corrected chi connectivity index (χ3v) is 4.73. The average molecular weight is 344 g/mol. The SMILES string of the molecule is C#CC(C)(C)CCCCC(C)(C(=O)O)c1cccc(CC(=O)OC)c1. The van der Waals surface area contributed by atoms with Gasteiger partial charge in [-0.15, -0.1) is 12.3 Å². The van der Waals surface area contributed by atoms with Gasteiger partial charge in [-0.25, -0.2) is 0 Å². The lowest BCUT2D eigenvalue weighted by atomic mass is 9.76. The summed E-state index contributed by atoms with van der Waals surface area (Å²) in [5, 5.41) is 9.79. The Morgan fingerprint density at radius 3 is 2.40 bits per heavy atom. The molecule has 1 atom stereocenters. The molecule has 0 bridgehead atoms. The average Bonchev–Trinajstić information content (AvgIpc) is 2.58. The van der Waals surface area contributed by atoms with Crippen LogP contribution in [0.5, 0.6) is 0 Å². The summed E-state index contributed by atoms with van der Waals surface area (Å²) in [4.78, 5) is 23.4. The highest BCUT2D eigenvalue weighted by molar-refractivity contribution is 5.81. The Morgan fingerprint density at radius 2 is 1.84 bits per heavy atom. The number of aliphatic carboxylic acids is 1. The van der Waals surface area contributed by atoms with Crippen molar-refractivity contribution in [1.29, 1.82) is 0 Å². The minimum Gasteiger partial charge on any atom is -0.481 e. The van der Waals surface area contributed by atoms with Crippen LogP contribution in [0.2, 0.25) is 0 Å². The first-order valence-corrected chi connectivity index (χ1v) is 8.52. The van der Waals surface area contributed by atoms with Crippen LogP contribution < -0.4 is 0 Å². The molecule has 0 fully saturated rings. The highest BCUT2D eigenvalue weighted by atomic mass is 16.5. The predicted octanol–water partition coefficient (Wildman–Crippen LogP) is 3.96. The second-order valence-corrected chi connectivity index (χ2v) is 7.33. The van der Waals surface area contributed by atoms with Crippen LogP contribution in [-0.2, 0) is 26.2 Å². The minimum absolute atomic E-state index is 0.135. The van der Waals surface area contributed by atoms with Crippen molar-refractivity contribution in [2.75, 3.05) is 7.11 Å². The zero-order chi connectivity index (χ0) is 19.1. The first kappa shape index (κ1) is 20.8. The summed E-state index contributed by atoms with van der Waals surface area (Å²) >= 11 is 0. The number of ether oxygens (including phenoxy) is 1. The fraction of sp³-hybridized carbons (Fsp3) is 0.524. The molecule has 25 heavy (non-hydrogen) atoms. The van der Waals surface area contributed by atoms with E-state index in [0.29, 0.717) is 12.0 Å². The number of benzene rings is 1. The van der Waals surface area contributed by atoms with Gasteiger partial charge in [0.2, 0.25) is 0 Å². The quantitative estimate of drug-likeness (QED) is 0.418. The first-order valence-electron chi connectivity index (χ1n) is 8.52. The van der Waals surface area contributed by atoms with Gasteiger partial charge in [-0.05, 0) is 44.7 Å². The number of carbonyl (C=O) groups is 2. The van der Waals surface area contributed by atoms with Gasteiger partial charge < -0.3 is 9.84 Å². The van der Waals surface area contributed by atoms with E-state index < -0.39 is 11.4 Å². The highest BCUT2D eigenvalue weighted by Crippen LogP contribution is 2.32. The van der Waals surface area contributed by atoms with Crippen LogP contribution in [-0.4, -0.2) is 24.2 Å². The molecule has 1 N–H and O–H groups in total. The van der Waals surface area contributed by atoms with Gasteiger partial charge in [0, 0.05) is 5.41 Å². The zero-order valence-electron chi connectivity index (χ0n) is 15.6. The Kier molecular flexibility index (Phi) is 7.23. The second-order valence-electron chi connectivity index (χ2n) is 7.33. The summed E-state index contributed by atoms with van der Waals surface area (Å²) in [6.07, 6.45) is 8.67. The number of esters is 1. The number of rotatable bonds is 9. The van der Waals surface area contributed by atoms with Crippen molar-refractivity contribution in [3.8, 4) is 12.3 Å². The molecule has 0 spiro atoms. The van der Waals surface area contributed by atoms with Crippen molar-refractivity contribution >= 4 is 11.9 Å². The molecule has 0 aliphatic carbocycles. The monoisotopic (exact) mass is 344 g/mol. The third-order valence-electron chi connectivity index (χ3n) is 4.73. The Hall–Kier alpha value is -2.28. The molecule has 1 unspecified atom stereocenters. The number of hydrogen-bond donors (Lipinski definition) is 1. The summed E-state index contributed by atoms with van der Waals surface area (Å²) in [6, 6.07) is 7.19. The van der Waals surface area contributed by atoms with E-state index in [4.69, 9.17) is 6.42 Å². The Balaban J connectivity index is 2.87. The number of hydrogen-bond acceptors (Lipinski definition) is 3. The van der Waals surface area contributed by atoms with Gasteiger partial charge in [0.1, 0.15) is 0 Å². The molecule has 0 aromatic heterocycles. The van der Waals surface area contributed by atoms with E-state index in [1.54, 1.807) is 31.2 Å². The lowest BCUT2D eigenvalue weighted by Crippen LogP contribution is -2.32. The van der Waals surface area contributed by atoms with Crippen LogP contribution in [0.1, 0.15) is 57.6 Å². The lowest BCUT2D eigenvalue weighted by molar-refractivity contribution is -0.143. The molecule has 0 heterocycles. The smallest absolute Gasteiger partial charge is 0.313 e. The molecule has 0 amide bonds. The number of methoxy groups -OCH3 is 1. The minimum atomic E-state index is -0.994. The zero-order valence-corrected chi connectivity index (χ0v) is 15.6. The predicted molar refractivity (Wildman–Crippen MR) is 98.2 cm³/mol. The van der Waals surface area contributed by atoms with Crippen molar-refractivity contribution < 1.29 is 19.4 Å². The number of terminal acetylenes is 1. The summed E-state index contributed by atoms with van der Waals surface area (Å²) in [5.41, 5.74) is 0.301. The molecule has 1 aromatic carbocycles.